The van der Waals surface area contributed by atoms with Crippen molar-refractivity contribution in [2.75, 3.05) is 39.6 Å². The zero-order chi connectivity index (χ0) is 101. The van der Waals surface area contributed by atoms with Gasteiger partial charge in [-0.3, -0.25) is 0 Å². The van der Waals surface area contributed by atoms with Gasteiger partial charge < -0.3 is 56.8 Å². The molecule has 0 bridgehead atoms. The quantitative estimate of drug-likeness (QED) is 0.0150. The molecule has 0 aliphatic carbocycles. The number of ether oxygens (including phenoxy) is 12. The summed E-state index contributed by atoms with van der Waals surface area (Å²) in [6.07, 6.45) is 63.0. The minimum Gasteiger partial charge on any atom is -0.494 e. The zero-order valence-corrected chi connectivity index (χ0v) is 88.1. The number of rotatable bonds is 78. The van der Waals surface area contributed by atoms with Crippen LogP contribution in [0.3, 0.4) is 0 Å². The average molecular weight is 1970 g/mol. The van der Waals surface area contributed by atoms with Crippen molar-refractivity contribution in [2.24, 2.45) is 0 Å². The highest BCUT2D eigenvalue weighted by molar-refractivity contribution is 6.27. The Morgan fingerprint density at radius 2 is 0.250 bits per heavy atom. The molecule has 0 atom stereocenters. The molecule has 780 valence electrons. The number of carbonyl (C=O) groups excluding carboxylic acids is 6. The first kappa shape index (κ1) is 115. The monoisotopic (exact) mass is 1970 g/mol. The summed E-state index contributed by atoms with van der Waals surface area (Å²) < 4.78 is 76.5. The summed E-state index contributed by atoms with van der Waals surface area (Å²) in [6, 6.07) is 49.3. The van der Waals surface area contributed by atoms with E-state index < -0.39 is 35.8 Å². The van der Waals surface area contributed by atoms with Crippen LogP contribution < -0.4 is 56.8 Å². The van der Waals surface area contributed by atoms with Crippen LogP contribution >= 0.6 is 0 Å². The molecule has 0 saturated heterocycles. The molecule has 0 N–H and O–H groups in total. The van der Waals surface area contributed by atoms with E-state index in [1.54, 1.807) is 182 Å². The van der Waals surface area contributed by atoms with E-state index in [9.17, 15) is 0 Å². The van der Waals surface area contributed by atoms with Crippen LogP contribution in [0.4, 0.5) is 0 Å². The highest BCUT2D eigenvalue weighted by Gasteiger charge is 2.28. The zero-order valence-electron chi connectivity index (χ0n) is 88.1. The largest absolute Gasteiger partial charge is 0.494 e. The third-order valence-electron chi connectivity index (χ3n) is 27.0. The van der Waals surface area contributed by atoms with Crippen LogP contribution in [0.5, 0.6) is 69.0 Å². The Hall–Kier alpha value is -11.4. The Bertz CT molecular complexity index is 4450. The number of hydrogen-bond donors (Lipinski definition) is 0. The van der Waals surface area contributed by atoms with Gasteiger partial charge in [-0.15, -0.1) is 0 Å². The van der Waals surface area contributed by atoms with E-state index in [-0.39, 0.29) is 67.9 Å². The molecule has 18 heteroatoms. The molecule has 0 unspecified atom stereocenters. The van der Waals surface area contributed by atoms with Crippen molar-refractivity contribution in [2.45, 2.75) is 388 Å². The average Bonchev–Trinajstić information content (AvgIpc) is 0.720. The molecular weight excluding hydrogens is 1800 g/mol. The molecule has 0 aromatic heterocycles. The van der Waals surface area contributed by atoms with Crippen LogP contribution in [-0.4, -0.2) is 75.5 Å². The normalized spacial score (nSPS) is 11.3. The van der Waals surface area contributed by atoms with E-state index in [1.807, 2.05) is 0 Å². The second-order valence-corrected chi connectivity index (χ2v) is 39.1. The molecule has 0 aliphatic heterocycles. The Morgan fingerprint density at radius 3 is 0.361 bits per heavy atom. The Kier molecular flexibility index (Phi) is 54.7. The van der Waals surface area contributed by atoms with Crippen molar-refractivity contribution in [1.82, 2.24) is 0 Å². The van der Waals surface area contributed by atoms with Gasteiger partial charge in [-0.1, -0.05) is 350 Å². The minimum absolute atomic E-state index is 0.151. The van der Waals surface area contributed by atoms with Crippen molar-refractivity contribution >= 4 is 68.1 Å². The molecule has 0 heterocycles. The van der Waals surface area contributed by atoms with Gasteiger partial charge in [0.1, 0.15) is 34.5 Å². The molecule has 0 spiro atoms. The van der Waals surface area contributed by atoms with Crippen molar-refractivity contribution in [3.63, 3.8) is 0 Å². The number of fused-ring (bicyclic) bond motifs is 6. The first-order valence-electron chi connectivity index (χ1n) is 56.0. The number of carbonyl (C=O) groups is 6. The first-order valence-corrected chi connectivity index (χ1v) is 56.0. The smallest absolute Gasteiger partial charge is 0.343 e. The Morgan fingerprint density at radius 1 is 0.146 bits per heavy atom. The van der Waals surface area contributed by atoms with Gasteiger partial charge in [0, 0.05) is 0 Å². The summed E-state index contributed by atoms with van der Waals surface area (Å²) in [5.41, 5.74) is 0.905. The van der Waals surface area contributed by atoms with E-state index in [1.165, 1.54) is 231 Å². The van der Waals surface area contributed by atoms with Crippen LogP contribution in [0.1, 0.15) is 450 Å². The maximum absolute atomic E-state index is 15.1. The van der Waals surface area contributed by atoms with E-state index >= 15 is 28.8 Å². The van der Waals surface area contributed by atoms with Crippen LogP contribution in [0.15, 0.2) is 182 Å². The lowest BCUT2D eigenvalue weighted by Crippen LogP contribution is -2.14. The predicted octanol–water partition coefficient (Wildman–Crippen LogP) is 35.9. The van der Waals surface area contributed by atoms with Crippen LogP contribution in [-0.2, 0) is 0 Å². The molecule has 10 rings (SSSR count). The lowest BCUT2D eigenvalue weighted by atomic mass is 9.93. The fourth-order valence-electron chi connectivity index (χ4n) is 18.2. The molecule has 144 heavy (non-hydrogen) atoms. The Labute approximate surface area is 860 Å². The lowest BCUT2D eigenvalue weighted by Gasteiger charge is -2.19. The number of unbranched alkanes of at least 4 members (excludes halogenated alkanes) is 48. The summed E-state index contributed by atoms with van der Waals surface area (Å²) in [6.45, 7) is 16.4. The van der Waals surface area contributed by atoms with Crippen molar-refractivity contribution < 1.29 is 85.6 Å². The van der Waals surface area contributed by atoms with E-state index in [2.05, 4.69) is 41.5 Å². The standard InChI is InChI=1S/C126H168O18/c1-7-13-19-25-31-37-43-49-55-85-133-103-73-61-97(62-74-103)121(127)139-115-91-109-110(92-116(115)140-122(128)98-63-75-104(76-64-98)134-86-56-50-44-38-32-26-20-14-8-2)112-94-118(142-124(130)100-67-79-106(80-68-100)136-88-58-52-46-40-34-28-22-16-10-4)120(144-126(132)102-71-83-108(84-72-102)138-90-60-54-48-42-36-30-24-18-12-6)96-114(112)113-95-119(143-125(131)101-69-81-107(82-70-101)137-89-59-53-47-41-35-29-23-17-11-5)117(93-111(109)113)141-123(129)99-65-77-105(78-66-99)135-87-57-51-45-39-33-27-21-15-9-3/h61-84,91-96H,7-60,85-90H2,1-6H3. The predicted molar refractivity (Wildman–Crippen MR) is 584 cm³/mol. The second-order valence-electron chi connectivity index (χ2n) is 39.1. The molecule has 10 aromatic rings. The third-order valence-corrected chi connectivity index (χ3v) is 27.0. The number of benzene rings is 10. The van der Waals surface area contributed by atoms with Crippen LogP contribution in [0.2, 0.25) is 0 Å². The van der Waals surface area contributed by atoms with Crippen LogP contribution in [0, 0.1) is 0 Å². The first-order chi connectivity index (χ1) is 70.8. The van der Waals surface area contributed by atoms with E-state index in [0.717, 1.165) is 116 Å². The second kappa shape index (κ2) is 68.8. The highest BCUT2D eigenvalue weighted by Crippen LogP contribution is 2.49. The number of hydrogen-bond acceptors (Lipinski definition) is 18. The summed E-state index contributed by atoms with van der Waals surface area (Å²) in [5, 5.41) is 1.81. The fourth-order valence-corrected chi connectivity index (χ4v) is 18.2. The topological polar surface area (TPSA) is 213 Å². The fraction of sp³-hybridized carbons (Fsp3) is 0.524. The van der Waals surface area contributed by atoms with Crippen LogP contribution in [0.25, 0.3) is 32.3 Å². The van der Waals surface area contributed by atoms with Gasteiger partial charge in [-0.05, 0) is 253 Å². The van der Waals surface area contributed by atoms with Gasteiger partial charge in [0.25, 0.3) is 0 Å². The van der Waals surface area contributed by atoms with Crippen molar-refractivity contribution in [3.05, 3.63) is 215 Å². The summed E-state index contributed by atoms with van der Waals surface area (Å²) in [7, 11) is 0. The van der Waals surface area contributed by atoms with E-state index in [0.29, 0.717) is 106 Å². The van der Waals surface area contributed by atoms with Gasteiger partial charge in [-0.25, -0.2) is 28.8 Å². The van der Waals surface area contributed by atoms with Gasteiger partial charge in [0.2, 0.25) is 0 Å². The van der Waals surface area contributed by atoms with Crippen molar-refractivity contribution in [3.8, 4) is 69.0 Å². The molecule has 0 saturated carbocycles. The highest BCUT2D eigenvalue weighted by atomic mass is 16.6. The summed E-state index contributed by atoms with van der Waals surface area (Å²) in [4.78, 5) is 90.8. The van der Waals surface area contributed by atoms with Gasteiger partial charge >= 0.3 is 35.8 Å². The minimum atomic E-state index is -0.812. The summed E-state index contributed by atoms with van der Waals surface area (Å²) in [5.74, 6) is -2.68. The number of esters is 6. The SMILES string of the molecule is CCCCCCCCCCCOc1ccc(C(=O)Oc2cc3c4cc(OC(=O)c5ccc(OCCCCCCCCCCC)cc5)c(OC(=O)c5ccc(OCCCCCCCCCCC)cc5)cc4c4cc(OC(=O)c5ccc(OCCCCCCCCCCC)cc5)c(OC(=O)c5ccc(OCCCCCCCCCCC)cc5)cc4c3cc2OC(=O)c2ccc(OCCCCCCCCCCC)cc2)cc1. The molecule has 10 aromatic carbocycles. The lowest BCUT2D eigenvalue weighted by molar-refractivity contribution is 0.0682. The maximum Gasteiger partial charge on any atom is 0.343 e. The van der Waals surface area contributed by atoms with Gasteiger partial charge in [0.05, 0.1) is 73.0 Å². The van der Waals surface area contributed by atoms with Crippen molar-refractivity contribution in [1.29, 1.82) is 0 Å². The van der Waals surface area contributed by atoms with Gasteiger partial charge in [0.15, 0.2) is 34.5 Å². The molecular formula is C126H168O18. The Balaban J connectivity index is 1.08. The summed E-state index contributed by atoms with van der Waals surface area (Å²) >= 11 is 0. The molecule has 0 aliphatic rings. The maximum atomic E-state index is 15.1. The third kappa shape index (κ3) is 42.0. The molecule has 18 nitrogen and oxygen atoms in total. The van der Waals surface area contributed by atoms with E-state index in [4.69, 9.17) is 56.8 Å². The molecule has 0 radical (unpaired) electrons. The molecule has 0 fully saturated rings. The molecule has 0 amide bonds. The van der Waals surface area contributed by atoms with Gasteiger partial charge in [-0.2, -0.15) is 0 Å².